The third-order valence-corrected chi connectivity index (χ3v) is 7.15. The molecule has 6 nitrogen and oxygen atoms in total. The minimum absolute atomic E-state index is 0.00449. The molecule has 2 aromatic carbocycles. The maximum Gasteiger partial charge on any atom is 0.494 e. The lowest BCUT2D eigenvalue weighted by atomic mass is 9.78. The number of hydrogen-bond acceptors (Lipinski definition) is 5. The summed E-state index contributed by atoms with van der Waals surface area (Å²) in [6.07, 6.45) is 0. The van der Waals surface area contributed by atoms with Gasteiger partial charge in [0.05, 0.1) is 18.3 Å². The summed E-state index contributed by atoms with van der Waals surface area (Å²) in [4.78, 5) is 25.6. The topological polar surface area (TPSA) is 73.9 Å². The van der Waals surface area contributed by atoms with Crippen LogP contribution < -0.4 is 10.8 Å². The molecule has 1 amide bonds. The van der Waals surface area contributed by atoms with Crippen molar-refractivity contribution in [1.29, 1.82) is 0 Å². The molecule has 2 atom stereocenters. The number of rotatable bonds is 6. The van der Waals surface area contributed by atoms with E-state index in [2.05, 4.69) is 26.1 Å². The van der Waals surface area contributed by atoms with Gasteiger partial charge in [0.25, 0.3) is 5.91 Å². The van der Waals surface area contributed by atoms with Gasteiger partial charge in [-0.05, 0) is 68.8 Å². The van der Waals surface area contributed by atoms with E-state index in [4.69, 9.17) is 14.0 Å². The van der Waals surface area contributed by atoms with Gasteiger partial charge in [0.2, 0.25) is 0 Å². The predicted octanol–water partition coefficient (Wildman–Crippen LogP) is 4.36. The van der Waals surface area contributed by atoms with Crippen LogP contribution in [0.4, 0.5) is 0 Å². The molecule has 1 aliphatic heterocycles. The van der Waals surface area contributed by atoms with Gasteiger partial charge >= 0.3 is 13.1 Å². The van der Waals surface area contributed by atoms with Crippen molar-refractivity contribution in [2.24, 2.45) is 0 Å². The Labute approximate surface area is 209 Å². The number of carbonyl (C=O) groups excluding carboxylic acids is 2. The molecule has 0 aromatic heterocycles. The number of esters is 1. The van der Waals surface area contributed by atoms with Gasteiger partial charge in [-0.1, -0.05) is 57.2 Å². The Morgan fingerprint density at radius 3 is 1.89 bits per heavy atom. The van der Waals surface area contributed by atoms with Crippen LogP contribution in [0.2, 0.25) is 0 Å². The molecule has 0 aliphatic carbocycles. The van der Waals surface area contributed by atoms with Gasteiger partial charge in [0.1, 0.15) is 5.92 Å². The number of carbonyl (C=O) groups is 2. The Morgan fingerprint density at radius 1 is 0.914 bits per heavy atom. The van der Waals surface area contributed by atoms with Crippen molar-refractivity contribution < 1.29 is 23.6 Å². The number of amides is 1. The molecule has 0 spiro atoms. The first kappa shape index (κ1) is 27.0. The first-order valence-corrected chi connectivity index (χ1v) is 12.1. The molecular weight excluding hydrogens is 441 g/mol. The fourth-order valence-electron chi connectivity index (χ4n) is 4.09. The van der Waals surface area contributed by atoms with Gasteiger partial charge in [-0.3, -0.25) is 9.59 Å². The highest BCUT2D eigenvalue weighted by atomic mass is 16.7. The van der Waals surface area contributed by atoms with Crippen LogP contribution in [-0.4, -0.2) is 43.3 Å². The number of hydrogen-bond donors (Lipinski definition) is 1. The number of nitrogens with one attached hydrogen (secondary N) is 1. The molecule has 1 heterocycles. The summed E-state index contributed by atoms with van der Waals surface area (Å²) in [5, 5.41) is 2.97. The second kappa shape index (κ2) is 9.78. The fraction of sp³-hybridized carbons (Fsp3) is 0.500. The maximum absolute atomic E-state index is 12.9. The summed E-state index contributed by atoms with van der Waals surface area (Å²) in [6, 6.07) is 14.6. The van der Waals surface area contributed by atoms with E-state index in [0.717, 1.165) is 16.6 Å². The molecule has 0 radical (unpaired) electrons. The Hall–Kier alpha value is -2.64. The number of ether oxygens (including phenoxy) is 1. The van der Waals surface area contributed by atoms with Gasteiger partial charge in [0.15, 0.2) is 0 Å². The monoisotopic (exact) mass is 479 g/mol. The SMILES string of the molecule is COC(=O)[C@@H](c1ccc(B2OC(C)(C)C(C)(C)O2)cc1)C(C)NC(=O)c1ccc(C(C)(C)C)cc1. The lowest BCUT2D eigenvalue weighted by Crippen LogP contribution is -2.41. The van der Waals surface area contributed by atoms with Gasteiger partial charge in [-0.25, -0.2) is 0 Å². The molecule has 3 rings (SSSR count). The predicted molar refractivity (Wildman–Crippen MR) is 139 cm³/mol. The molecule has 1 unspecified atom stereocenters. The van der Waals surface area contributed by atoms with E-state index in [1.54, 1.807) is 0 Å². The molecule has 188 valence electrons. The van der Waals surface area contributed by atoms with Crippen molar-refractivity contribution in [1.82, 2.24) is 5.32 Å². The molecule has 1 N–H and O–H groups in total. The average Bonchev–Trinajstić information content (AvgIpc) is 3.00. The van der Waals surface area contributed by atoms with Gasteiger partial charge in [-0.15, -0.1) is 0 Å². The molecular formula is C28H38BNO5. The molecule has 35 heavy (non-hydrogen) atoms. The standard InChI is InChI=1S/C28H38BNO5/c1-18(30-24(31)20-10-14-21(15-11-20)26(2,3)4)23(25(32)33-9)19-12-16-22(17-13-19)29-34-27(5,6)28(7,8)35-29/h10-18,23H,1-9H3,(H,30,31)/t18?,23-/m1/s1. The summed E-state index contributed by atoms with van der Waals surface area (Å²) < 4.78 is 17.3. The highest BCUT2D eigenvalue weighted by molar-refractivity contribution is 6.62. The van der Waals surface area contributed by atoms with E-state index in [0.29, 0.717) is 5.56 Å². The molecule has 2 aromatic rings. The average molecular weight is 479 g/mol. The van der Waals surface area contributed by atoms with Gasteiger partial charge in [-0.2, -0.15) is 0 Å². The van der Waals surface area contributed by atoms with Crippen molar-refractivity contribution in [3.8, 4) is 0 Å². The van der Waals surface area contributed by atoms with Crippen molar-refractivity contribution >= 4 is 24.5 Å². The van der Waals surface area contributed by atoms with Crippen molar-refractivity contribution in [3.63, 3.8) is 0 Å². The second-order valence-electron chi connectivity index (χ2n) is 11.3. The number of methoxy groups -OCH3 is 1. The lowest BCUT2D eigenvalue weighted by Gasteiger charge is -2.32. The van der Waals surface area contributed by atoms with Crippen LogP contribution in [0, 0.1) is 0 Å². The first-order chi connectivity index (χ1) is 16.2. The first-order valence-electron chi connectivity index (χ1n) is 12.1. The Balaban J connectivity index is 1.76. The van der Waals surface area contributed by atoms with Crippen LogP contribution in [-0.2, 0) is 24.3 Å². The van der Waals surface area contributed by atoms with Crippen LogP contribution in [0.15, 0.2) is 48.5 Å². The van der Waals surface area contributed by atoms with Crippen molar-refractivity contribution in [2.45, 2.75) is 84.0 Å². The minimum atomic E-state index is -0.662. The van der Waals surface area contributed by atoms with Crippen LogP contribution in [0.25, 0.3) is 0 Å². The van der Waals surface area contributed by atoms with E-state index >= 15 is 0 Å². The highest BCUT2D eigenvalue weighted by Gasteiger charge is 2.51. The molecule has 1 saturated heterocycles. The third-order valence-electron chi connectivity index (χ3n) is 7.15. The molecule has 1 aliphatic rings. The van der Waals surface area contributed by atoms with Crippen LogP contribution in [0.1, 0.15) is 82.8 Å². The van der Waals surface area contributed by atoms with Crippen LogP contribution >= 0.6 is 0 Å². The lowest BCUT2D eigenvalue weighted by molar-refractivity contribution is -0.143. The van der Waals surface area contributed by atoms with E-state index in [9.17, 15) is 9.59 Å². The largest absolute Gasteiger partial charge is 0.494 e. The third kappa shape index (κ3) is 5.79. The Kier molecular flexibility index (Phi) is 7.54. The van der Waals surface area contributed by atoms with Crippen LogP contribution in [0.5, 0.6) is 0 Å². The van der Waals surface area contributed by atoms with E-state index < -0.39 is 36.2 Å². The molecule has 0 bridgehead atoms. The molecule has 0 saturated carbocycles. The van der Waals surface area contributed by atoms with E-state index in [1.165, 1.54) is 7.11 Å². The minimum Gasteiger partial charge on any atom is -0.468 e. The zero-order valence-electron chi connectivity index (χ0n) is 22.4. The van der Waals surface area contributed by atoms with Gasteiger partial charge in [0, 0.05) is 11.6 Å². The highest BCUT2D eigenvalue weighted by Crippen LogP contribution is 2.36. The summed E-state index contributed by atoms with van der Waals surface area (Å²) in [5.41, 5.74) is 2.44. The van der Waals surface area contributed by atoms with E-state index in [-0.39, 0.29) is 11.3 Å². The molecule has 7 heteroatoms. The zero-order chi connectivity index (χ0) is 26.2. The second-order valence-corrected chi connectivity index (χ2v) is 11.3. The normalized spacial score (nSPS) is 18.6. The number of benzene rings is 2. The maximum atomic E-state index is 12.9. The van der Waals surface area contributed by atoms with Crippen LogP contribution in [0.3, 0.4) is 0 Å². The smallest absolute Gasteiger partial charge is 0.468 e. The van der Waals surface area contributed by atoms with Crippen molar-refractivity contribution in [2.75, 3.05) is 7.11 Å². The van der Waals surface area contributed by atoms with Gasteiger partial charge < -0.3 is 19.4 Å². The summed E-state index contributed by atoms with van der Waals surface area (Å²) in [5.74, 6) is -1.31. The quantitative estimate of drug-likeness (QED) is 0.493. The summed E-state index contributed by atoms with van der Waals surface area (Å²) in [7, 11) is 0.868. The Morgan fingerprint density at radius 2 is 1.43 bits per heavy atom. The van der Waals surface area contributed by atoms with E-state index in [1.807, 2.05) is 83.1 Å². The summed E-state index contributed by atoms with van der Waals surface area (Å²) in [6.45, 7) is 16.2. The zero-order valence-corrected chi connectivity index (χ0v) is 22.4. The fourth-order valence-corrected chi connectivity index (χ4v) is 4.09. The van der Waals surface area contributed by atoms with Crippen molar-refractivity contribution in [3.05, 3.63) is 65.2 Å². The molecule has 1 fully saturated rings. The Bertz CT molecular complexity index is 1040. The summed E-state index contributed by atoms with van der Waals surface area (Å²) >= 11 is 0.